The van der Waals surface area contributed by atoms with Gasteiger partial charge in [0.1, 0.15) is 0 Å². The Labute approximate surface area is 128 Å². The number of carbonyl (C=O) groups excluding carboxylic acids is 2. The molecule has 0 aliphatic carbocycles. The minimum Gasteiger partial charge on any atom is -0.359 e. The van der Waals surface area contributed by atoms with Crippen molar-refractivity contribution in [2.45, 2.75) is 58.8 Å². The summed E-state index contributed by atoms with van der Waals surface area (Å²) in [4.78, 5) is 22.4. The number of carbonyl (C=O) groups is 2. The van der Waals surface area contributed by atoms with Crippen LogP contribution in [0, 0.1) is 0 Å². The average Bonchev–Trinajstić information content (AvgIpc) is 2.35. The molecule has 0 saturated carbocycles. The van der Waals surface area contributed by atoms with Gasteiger partial charge < -0.3 is 10.6 Å². The third kappa shape index (κ3) is 15.6. The van der Waals surface area contributed by atoms with Gasteiger partial charge in [0.2, 0.25) is 11.8 Å². The predicted molar refractivity (Wildman–Crippen MR) is 91.7 cm³/mol. The van der Waals surface area contributed by atoms with Crippen LogP contribution in [0.2, 0.25) is 0 Å². The third-order valence-electron chi connectivity index (χ3n) is 1.85. The van der Waals surface area contributed by atoms with Crippen molar-refractivity contribution >= 4 is 33.4 Å². The number of hydrogen-bond donors (Lipinski definition) is 2. The molecule has 2 N–H and O–H groups in total. The van der Waals surface area contributed by atoms with Crippen LogP contribution in [0.1, 0.15) is 50.3 Å². The van der Waals surface area contributed by atoms with Crippen molar-refractivity contribution in [2.24, 2.45) is 0 Å². The van der Waals surface area contributed by atoms with Gasteiger partial charge in [-0.15, -0.1) is 0 Å². The van der Waals surface area contributed by atoms with Gasteiger partial charge in [0.25, 0.3) is 0 Å². The van der Waals surface area contributed by atoms with Crippen LogP contribution in [0.25, 0.3) is 0 Å². The normalized spacial score (nSPS) is 11.3. The van der Waals surface area contributed by atoms with Crippen LogP contribution in [0.5, 0.6) is 0 Å². The topological polar surface area (TPSA) is 58.2 Å². The molecule has 2 amide bonds. The molecular formula is C13H32N2O2S2. The molecule has 0 fully saturated rings. The van der Waals surface area contributed by atoms with E-state index < -0.39 is 0 Å². The first-order chi connectivity index (χ1) is 8.95. The second kappa shape index (κ2) is 14.1. The molecule has 0 aromatic heterocycles. The van der Waals surface area contributed by atoms with E-state index in [0.29, 0.717) is 12.8 Å². The van der Waals surface area contributed by atoms with Gasteiger partial charge in [-0.1, -0.05) is 42.4 Å². The SMILES string of the molecule is CC.CNC(=O)CCSSC(C)CC(=O)NC(C)C.[HH].[HH]. The van der Waals surface area contributed by atoms with Gasteiger partial charge in [0, 0.05) is 39.8 Å². The summed E-state index contributed by atoms with van der Waals surface area (Å²) >= 11 is 0. The fourth-order valence-electron chi connectivity index (χ4n) is 1.10. The molecule has 0 radical (unpaired) electrons. The Balaban J connectivity index is -0.000000344. The van der Waals surface area contributed by atoms with Gasteiger partial charge in [0.15, 0.2) is 0 Å². The highest BCUT2D eigenvalue weighted by Gasteiger charge is 2.10. The highest BCUT2D eigenvalue weighted by atomic mass is 33.1. The van der Waals surface area contributed by atoms with Crippen LogP contribution in [-0.4, -0.2) is 35.9 Å². The molecule has 0 aliphatic rings. The molecule has 4 nitrogen and oxygen atoms in total. The first-order valence-electron chi connectivity index (χ1n) is 6.74. The van der Waals surface area contributed by atoms with Crippen LogP contribution in [-0.2, 0) is 9.59 Å². The third-order valence-corrected chi connectivity index (χ3v) is 4.74. The Kier molecular flexibility index (Phi) is 15.5. The zero-order valence-electron chi connectivity index (χ0n) is 12.9. The van der Waals surface area contributed by atoms with Crippen LogP contribution < -0.4 is 10.6 Å². The summed E-state index contributed by atoms with van der Waals surface area (Å²) < 4.78 is 0. The molecule has 0 aromatic rings. The van der Waals surface area contributed by atoms with Crippen molar-refractivity contribution in [3.05, 3.63) is 0 Å². The molecule has 118 valence electrons. The molecule has 0 spiro atoms. The summed E-state index contributed by atoms with van der Waals surface area (Å²) in [5, 5.41) is 5.71. The fraction of sp³-hybridized carbons (Fsp3) is 0.846. The smallest absolute Gasteiger partial charge is 0.221 e. The molecule has 0 bridgehead atoms. The van der Waals surface area contributed by atoms with Gasteiger partial charge in [-0.05, 0) is 13.8 Å². The van der Waals surface area contributed by atoms with Gasteiger partial charge >= 0.3 is 0 Å². The van der Waals surface area contributed by atoms with E-state index in [-0.39, 0.29) is 26.0 Å². The lowest BCUT2D eigenvalue weighted by molar-refractivity contribution is -0.121. The molecule has 0 rings (SSSR count). The summed E-state index contributed by atoms with van der Waals surface area (Å²) in [5.41, 5.74) is 0. The van der Waals surface area contributed by atoms with Crippen molar-refractivity contribution in [1.29, 1.82) is 0 Å². The second-order valence-electron chi connectivity index (χ2n) is 4.08. The van der Waals surface area contributed by atoms with E-state index in [1.807, 2.05) is 34.6 Å². The van der Waals surface area contributed by atoms with Crippen molar-refractivity contribution in [1.82, 2.24) is 10.6 Å². The molecule has 1 unspecified atom stereocenters. The molecule has 6 heteroatoms. The summed E-state index contributed by atoms with van der Waals surface area (Å²) in [6, 6.07) is 0.195. The zero-order valence-corrected chi connectivity index (χ0v) is 14.5. The van der Waals surface area contributed by atoms with Crippen LogP contribution in [0.15, 0.2) is 0 Å². The van der Waals surface area contributed by atoms with Crippen molar-refractivity contribution in [3.8, 4) is 0 Å². The largest absolute Gasteiger partial charge is 0.359 e. The number of amides is 2. The maximum absolute atomic E-state index is 11.5. The molecule has 1 atom stereocenters. The van der Waals surface area contributed by atoms with Crippen LogP contribution in [0.4, 0.5) is 0 Å². The van der Waals surface area contributed by atoms with E-state index in [1.165, 1.54) is 0 Å². The summed E-state index contributed by atoms with van der Waals surface area (Å²) in [6.45, 7) is 9.93. The molecular weight excluding hydrogens is 280 g/mol. The second-order valence-corrected chi connectivity index (χ2v) is 7.00. The first-order valence-corrected chi connectivity index (χ1v) is 9.12. The lowest BCUT2D eigenvalue weighted by atomic mass is 10.3. The van der Waals surface area contributed by atoms with Crippen molar-refractivity contribution in [2.75, 3.05) is 12.8 Å². The number of rotatable bonds is 8. The quantitative estimate of drug-likeness (QED) is 0.533. The van der Waals surface area contributed by atoms with E-state index in [4.69, 9.17) is 0 Å². The van der Waals surface area contributed by atoms with Crippen LogP contribution in [0.3, 0.4) is 0 Å². The van der Waals surface area contributed by atoms with E-state index in [0.717, 1.165) is 5.75 Å². The highest BCUT2D eigenvalue weighted by Crippen LogP contribution is 2.28. The predicted octanol–water partition coefficient (Wildman–Crippen LogP) is 3.33. The minimum atomic E-state index is 0. The van der Waals surface area contributed by atoms with E-state index in [9.17, 15) is 9.59 Å². The van der Waals surface area contributed by atoms with Gasteiger partial charge in [-0.2, -0.15) is 0 Å². The summed E-state index contributed by atoms with van der Waals surface area (Å²) in [6.07, 6.45) is 1.05. The Morgan fingerprint density at radius 2 is 1.74 bits per heavy atom. The van der Waals surface area contributed by atoms with E-state index in [1.54, 1.807) is 28.6 Å². The highest BCUT2D eigenvalue weighted by molar-refractivity contribution is 8.76. The van der Waals surface area contributed by atoms with Crippen molar-refractivity contribution < 1.29 is 12.4 Å². The van der Waals surface area contributed by atoms with Gasteiger partial charge in [-0.3, -0.25) is 9.59 Å². The monoisotopic (exact) mass is 312 g/mol. The number of hydrogen-bond acceptors (Lipinski definition) is 4. The Bertz CT molecular complexity index is 258. The number of nitrogens with one attached hydrogen (secondary N) is 2. The van der Waals surface area contributed by atoms with E-state index in [2.05, 4.69) is 10.6 Å². The lowest BCUT2D eigenvalue weighted by Crippen LogP contribution is -2.31. The zero-order chi connectivity index (χ0) is 15.3. The Hall–Kier alpha value is -0.360. The minimum absolute atomic E-state index is 0. The van der Waals surface area contributed by atoms with Gasteiger partial charge in [-0.25, -0.2) is 0 Å². The van der Waals surface area contributed by atoms with Crippen molar-refractivity contribution in [3.63, 3.8) is 0 Å². The van der Waals surface area contributed by atoms with Gasteiger partial charge in [0.05, 0.1) is 0 Å². The molecule has 0 aliphatic heterocycles. The molecule has 19 heavy (non-hydrogen) atoms. The first kappa shape index (κ1) is 20.9. The van der Waals surface area contributed by atoms with E-state index >= 15 is 0 Å². The standard InChI is InChI=1S/C11H22N2O2S2.C2H6.2H2/c1-8(2)13-11(15)7-9(3)17-16-6-5-10(14)12-4;1-2;;/h8-9H,5-7H2,1-4H3,(H,12,14)(H,13,15);1-2H3;2*1H. The summed E-state index contributed by atoms with van der Waals surface area (Å²) in [7, 11) is 4.94. The maximum atomic E-state index is 11.5. The average molecular weight is 313 g/mol. The summed E-state index contributed by atoms with van der Waals surface area (Å²) in [5.74, 6) is 0.927. The molecule has 0 heterocycles. The molecule has 0 aromatic carbocycles. The Morgan fingerprint density at radius 3 is 2.21 bits per heavy atom. The lowest BCUT2D eigenvalue weighted by Gasteiger charge is -2.12. The van der Waals surface area contributed by atoms with Crippen LogP contribution >= 0.6 is 21.6 Å². The Morgan fingerprint density at radius 1 is 1.16 bits per heavy atom. The fourth-order valence-corrected chi connectivity index (χ4v) is 3.36. The maximum Gasteiger partial charge on any atom is 0.221 e. The molecule has 0 saturated heterocycles.